The molecule has 0 fully saturated rings. The first-order chi connectivity index (χ1) is 9.02. The number of hydrogen-bond acceptors (Lipinski definition) is 2. The van der Waals surface area contributed by atoms with Crippen molar-refractivity contribution in [2.24, 2.45) is 0 Å². The summed E-state index contributed by atoms with van der Waals surface area (Å²) >= 11 is 11.7. The van der Waals surface area contributed by atoms with Gasteiger partial charge in [-0.2, -0.15) is 0 Å². The zero-order valence-corrected chi connectivity index (χ0v) is 12.5. The zero-order valence-electron chi connectivity index (χ0n) is 11.0. The highest BCUT2D eigenvalue weighted by molar-refractivity contribution is 6.42. The largest absolute Gasteiger partial charge is 0.396 e. The van der Waals surface area contributed by atoms with Crippen molar-refractivity contribution in [3.05, 3.63) is 33.8 Å². The first-order valence-electron chi connectivity index (χ1n) is 6.37. The first-order valence-corrected chi connectivity index (χ1v) is 7.12. The van der Waals surface area contributed by atoms with Gasteiger partial charge in [0.25, 0.3) is 0 Å². The summed E-state index contributed by atoms with van der Waals surface area (Å²) in [6.45, 7) is 2.09. The van der Waals surface area contributed by atoms with Gasteiger partial charge in [0, 0.05) is 19.1 Å². The number of carbonyl (C=O) groups is 1. The molecule has 0 aliphatic carbocycles. The standard InChI is InChI=1S/C14H19Cl2NO2/c1-10(3-2-8-18)17-14(19)7-5-11-4-6-12(15)13(16)9-11/h4,6,9-10,18H,2-3,5,7-8H2,1H3,(H,17,19). The molecule has 106 valence electrons. The van der Waals surface area contributed by atoms with E-state index in [4.69, 9.17) is 28.3 Å². The van der Waals surface area contributed by atoms with E-state index in [0.29, 0.717) is 29.3 Å². The van der Waals surface area contributed by atoms with Crippen LogP contribution in [0.3, 0.4) is 0 Å². The van der Waals surface area contributed by atoms with Crippen molar-refractivity contribution in [3.8, 4) is 0 Å². The Kier molecular flexibility index (Phi) is 7.21. The summed E-state index contributed by atoms with van der Waals surface area (Å²) in [6.07, 6.45) is 2.54. The molecular weight excluding hydrogens is 285 g/mol. The van der Waals surface area contributed by atoms with Crippen molar-refractivity contribution in [2.75, 3.05) is 6.61 Å². The Morgan fingerprint density at radius 3 is 2.74 bits per heavy atom. The van der Waals surface area contributed by atoms with Gasteiger partial charge in [0.15, 0.2) is 0 Å². The maximum Gasteiger partial charge on any atom is 0.220 e. The number of nitrogens with one attached hydrogen (secondary N) is 1. The number of hydrogen-bond donors (Lipinski definition) is 2. The van der Waals surface area contributed by atoms with Crippen molar-refractivity contribution in [1.29, 1.82) is 0 Å². The molecule has 1 aromatic carbocycles. The van der Waals surface area contributed by atoms with Crippen molar-refractivity contribution in [1.82, 2.24) is 5.32 Å². The number of rotatable bonds is 7. The predicted molar refractivity (Wildman–Crippen MR) is 78.7 cm³/mol. The fourth-order valence-corrected chi connectivity index (χ4v) is 2.09. The Hall–Kier alpha value is -0.770. The molecule has 5 heteroatoms. The van der Waals surface area contributed by atoms with E-state index in [9.17, 15) is 4.79 Å². The summed E-state index contributed by atoms with van der Waals surface area (Å²) in [5.41, 5.74) is 0.993. The van der Waals surface area contributed by atoms with E-state index in [1.807, 2.05) is 13.0 Å². The van der Waals surface area contributed by atoms with Crippen LogP contribution >= 0.6 is 23.2 Å². The van der Waals surface area contributed by atoms with E-state index < -0.39 is 0 Å². The number of halogens is 2. The molecule has 1 rings (SSSR count). The van der Waals surface area contributed by atoms with Crippen LogP contribution in [0.1, 0.15) is 31.7 Å². The third kappa shape index (κ3) is 6.28. The van der Waals surface area contributed by atoms with Crippen LogP contribution < -0.4 is 5.32 Å². The molecule has 1 amide bonds. The maximum absolute atomic E-state index is 11.7. The molecule has 19 heavy (non-hydrogen) atoms. The lowest BCUT2D eigenvalue weighted by atomic mass is 10.1. The molecule has 2 N–H and O–H groups in total. The molecule has 1 aromatic rings. The third-order valence-corrected chi connectivity index (χ3v) is 3.57. The van der Waals surface area contributed by atoms with Gasteiger partial charge in [-0.3, -0.25) is 4.79 Å². The fraction of sp³-hybridized carbons (Fsp3) is 0.500. The summed E-state index contributed by atoms with van der Waals surface area (Å²) in [4.78, 5) is 11.7. The van der Waals surface area contributed by atoms with Crippen LogP contribution in [0.4, 0.5) is 0 Å². The first kappa shape index (κ1) is 16.3. The van der Waals surface area contributed by atoms with E-state index in [0.717, 1.165) is 12.0 Å². The number of aliphatic hydroxyl groups is 1. The lowest BCUT2D eigenvalue weighted by molar-refractivity contribution is -0.121. The lowest BCUT2D eigenvalue weighted by Gasteiger charge is -2.13. The Balaban J connectivity index is 2.35. The molecule has 0 bridgehead atoms. The number of aliphatic hydroxyl groups excluding tert-OH is 1. The molecule has 0 aliphatic heterocycles. The Morgan fingerprint density at radius 1 is 1.37 bits per heavy atom. The molecule has 0 saturated carbocycles. The van der Waals surface area contributed by atoms with Crippen LogP contribution in [0.15, 0.2) is 18.2 Å². The zero-order chi connectivity index (χ0) is 14.3. The third-order valence-electron chi connectivity index (χ3n) is 2.83. The second kappa shape index (κ2) is 8.41. The quantitative estimate of drug-likeness (QED) is 0.812. The second-order valence-corrected chi connectivity index (χ2v) is 5.40. The minimum absolute atomic E-state index is 0.0107. The van der Waals surface area contributed by atoms with Crippen molar-refractivity contribution in [2.45, 2.75) is 38.6 Å². The highest BCUT2D eigenvalue weighted by atomic mass is 35.5. The molecule has 0 saturated heterocycles. The topological polar surface area (TPSA) is 49.3 Å². The Labute approximate surface area is 123 Å². The molecule has 0 heterocycles. The van der Waals surface area contributed by atoms with Gasteiger partial charge in [0.05, 0.1) is 10.0 Å². The normalized spacial score (nSPS) is 12.2. The Bertz CT molecular complexity index is 424. The average molecular weight is 304 g/mol. The number of aryl methyl sites for hydroxylation is 1. The minimum Gasteiger partial charge on any atom is -0.396 e. The molecule has 1 atom stereocenters. The van der Waals surface area contributed by atoms with E-state index in [1.165, 1.54) is 0 Å². The van der Waals surface area contributed by atoms with Crippen LogP contribution in [0.25, 0.3) is 0 Å². The SMILES string of the molecule is CC(CCCO)NC(=O)CCc1ccc(Cl)c(Cl)c1. The van der Waals surface area contributed by atoms with Crippen LogP contribution in [0.5, 0.6) is 0 Å². The predicted octanol–water partition coefficient (Wildman–Crippen LogP) is 3.20. The van der Waals surface area contributed by atoms with Gasteiger partial charge in [-0.1, -0.05) is 29.3 Å². The minimum atomic E-state index is 0.0107. The van der Waals surface area contributed by atoms with Crippen molar-refractivity contribution < 1.29 is 9.90 Å². The van der Waals surface area contributed by atoms with Crippen LogP contribution in [-0.4, -0.2) is 23.7 Å². The van der Waals surface area contributed by atoms with E-state index in [-0.39, 0.29) is 18.6 Å². The van der Waals surface area contributed by atoms with Crippen LogP contribution in [0, 0.1) is 0 Å². The summed E-state index contributed by atoms with van der Waals surface area (Å²) < 4.78 is 0. The summed E-state index contributed by atoms with van der Waals surface area (Å²) in [5.74, 6) is 0.0107. The molecule has 3 nitrogen and oxygen atoms in total. The van der Waals surface area contributed by atoms with Crippen molar-refractivity contribution >= 4 is 29.1 Å². The number of amides is 1. The van der Waals surface area contributed by atoms with E-state index in [2.05, 4.69) is 5.32 Å². The molecule has 1 unspecified atom stereocenters. The molecule has 0 radical (unpaired) electrons. The molecule has 0 spiro atoms. The maximum atomic E-state index is 11.7. The van der Waals surface area contributed by atoms with Crippen LogP contribution in [-0.2, 0) is 11.2 Å². The molecule has 0 aliphatic rings. The van der Waals surface area contributed by atoms with Gasteiger partial charge in [-0.15, -0.1) is 0 Å². The molecular formula is C14H19Cl2NO2. The number of benzene rings is 1. The highest BCUT2D eigenvalue weighted by Gasteiger charge is 2.08. The second-order valence-electron chi connectivity index (χ2n) is 4.58. The summed E-state index contributed by atoms with van der Waals surface area (Å²) in [5, 5.41) is 12.6. The molecule has 0 aromatic heterocycles. The monoisotopic (exact) mass is 303 g/mol. The number of carbonyl (C=O) groups excluding carboxylic acids is 1. The smallest absolute Gasteiger partial charge is 0.220 e. The summed E-state index contributed by atoms with van der Waals surface area (Å²) in [6, 6.07) is 5.48. The fourth-order valence-electron chi connectivity index (χ4n) is 1.77. The van der Waals surface area contributed by atoms with Gasteiger partial charge in [0.1, 0.15) is 0 Å². The van der Waals surface area contributed by atoms with Crippen molar-refractivity contribution in [3.63, 3.8) is 0 Å². The van der Waals surface area contributed by atoms with Gasteiger partial charge in [0.2, 0.25) is 5.91 Å². The van der Waals surface area contributed by atoms with Crippen LogP contribution in [0.2, 0.25) is 10.0 Å². The average Bonchev–Trinajstić information content (AvgIpc) is 2.38. The van der Waals surface area contributed by atoms with Gasteiger partial charge < -0.3 is 10.4 Å². The van der Waals surface area contributed by atoms with Gasteiger partial charge in [-0.25, -0.2) is 0 Å². The highest BCUT2D eigenvalue weighted by Crippen LogP contribution is 2.23. The summed E-state index contributed by atoms with van der Waals surface area (Å²) in [7, 11) is 0. The van der Waals surface area contributed by atoms with E-state index >= 15 is 0 Å². The van der Waals surface area contributed by atoms with Gasteiger partial charge in [-0.05, 0) is 43.9 Å². The lowest BCUT2D eigenvalue weighted by Crippen LogP contribution is -2.32. The van der Waals surface area contributed by atoms with E-state index in [1.54, 1.807) is 12.1 Å². The van der Waals surface area contributed by atoms with Gasteiger partial charge >= 0.3 is 0 Å². The Morgan fingerprint density at radius 2 is 2.11 bits per heavy atom.